The Morgan fingerprint density at radius 2 is 1.90 bits per heavy atom. The maximum absolute atomic E-state index is 14.3. The fourth-order valence-electron chi connectivity index (χ4n) is 3.30. The third-order valence-corrected chi connectivity index (χ3v) is 5.11. The third-order valence-electron chi connectivity index (χ3n) is 4.79. The second-order valence-electron chi connectivity index (χ2n) is 6.66. The molecule has 150 valence electrons. The van der Waals surface area contributed by atoms with Gasteiger partial charge in [-0.1, -0.05) is 22.8 Å². The van der Waals surface area contributed by atoms with Crippen LogP contribution in [0.4, 0.5) is 15.8 Å². The second kappa shape index (κ2) is 8.23. The monoisotopic (exact) mass is 415 g/mol. The maximum Gasteiger partial charge on any atom is 0.261 e. The van der Waals surface area contributed by atoms with E-state index in [9.17, 15) is 9.18 Å². The van der Waals surface area contributed by atoms with Gasteiger partial charge in [-0.05, 0) is 43.3 Å². The molecule has 6 nitrogen and oxygen atoms in total. The van der Waals surface area contributed by atoms with Gasteiger partial charge in [-0.15, -0.1) is 0 Å². The number of amides is 1. The molecule has 0 radical (unpaired) electrons. The molecule has 1 amide bonds. The van der Waals surface area contributed by atoms with Crippen molar-refractivity contribution in [2.75, 3.05) is 36.5 Å². The lowest BCUT2D eigenvalue weighted by atomic mass is 10.0. The summed E-state index contributed by atoms with van der Waals surface area (Å²) in [6, 6.07) is 11.8. The van der Waals surface area contributed by atoms with E-state index in [4.69, 9.17) is 20.9 Å². The van der Waals surface area contributed by atoms with E-state index in [1.807, 2.05) is 24.3 Å². The van der Waals surface area contributed by atoms with Crippen molar-refractivity contribution >= 4 is 28.9 Å². The largest absolute Gasteiger partial charge is 0.378 e. The van der Waals surface area contributed by atoms with Crippen molar-refractivity contribution in [3.8, 4) is 11.3 Å². The van der Waals surface area contributed by atoms with Gasteiger partial charge in [0.25, 0.3) is 5.91 Å². The number of aryl methyl sites for hydroxylation is 1. The summed E-state index contributed by atoms with van der Waals surface area (Å²) in [4.78, 5) is 15.1. The molecule has 1 aromatic heterocycles. The van der Waals surface area contributed by atoms with Crippen LogP contribution >= 0.6 is 11.6 Å². The SMILES string of the molecule is Cc1onc(-c2c(F)cccc2Cl)c1C(=O)Nc1ccc(N2CCOCC2)cc1. The number of rotatable bonds is 4. The Balaban J connectivity index is 1.57. The fourth-order valence-corrected chi connectivity index (χ4v) is 3.56. The van der Waals surface area contributed by atoms with Crippen molar-refractivity contribution in [3.05, 3.63) is 64.6 Å². The van der Waals surface area contributed by atoms with E-state index < -0.39 is 11.7 Å². The van der Waals surface area contributed by atoms with Crippen LogP contribution in [0.1, 0.15) is 16.1 Å². The van der Waals surface area contributed by atoms with Gasteiger partial charge in [0.15, 0.2) is 0 Å². The van der Waals surface area contributed by atoms with Crippen LogP contribution in [-0.4, -0.2) is 37.4 Å². The highest BCUT2D eigenvalue weighted by atomic mass is 35.5. The molecular formula is C21H19ClFN3O3. The molecule has 0 aliphatic carbocycles. The summed E-state index contributed by atoms with van der Waals surface area (Å²) < 4.78 is 24.9. The number of hydrogen-bond donors (Lipinski definition) is 1. The molecule has 8 heteroatoms. The number of carbonyl (C=O) groups is 1. The molecule has 1 aliphatic rings. The quantitative estimate of drug-likeness (QED) is 0.678. The van der Waals surface area contributed by atoms with Gasteiger partial charge in [0.05, 0.1) is 23.8 Å². The number of nitrogens with zero attached hydrogens (tertiary/aromatic N) is 2. The minimum atomic E-state index is -0.574. The zero-order valence-electron chi connectivity index (χ0n) is 15.7. The molecular weight excluding hydrogens is 397 g/mol. The van der Waals surface area contributed by atoms with Crippen LogP contribution in [0.5, 0.6) is 0 Å². The van der Waals surface area contributed by atoms with Gasteiger partial charge < -0.3 is 19.5 Å². The van der Waals surface area contributed by atoms with Gasteiger partial charge in [-0.25, -0.2) is 4.39 Å². The van der Waals surface area contributed by atoms with E-state index in [1.165, 1.54) is 18.2 Å². The number of aromatic nitrogens is 1. The molecule has 0 bridgehead atoms. The molecule has 1 N–H and O–H groups in total. The summed E-state index contributed by atoms with van der Waals surface area (Å²) in [6.07, 6.45) is 0. The zero-order chi connectivity index (χ0) is 20.4. The molecule has 0 spiro atoms. The summed E-state index contributed by atoms with van der Waals surface area (Å²) in [6.45, 7) is 4.66. The number of morpholine rings is 1. The minimum Gasteiger partial charge on any atom is -0.378 e. The molecule has 2 aromatic carbocycles. The van der Waals surface area contributed by atoms with Crippen molar-refractivity contribution < 1.29 is 18.4 Å². The van der Waals surface area contributed by atoms with Crippen LogP contribution in [-0.2, 0) is 4.74 Å². The number of hydrogen-bond acceptors (Lipinski definition) is 5. The normalized spacial score (nSPS) is 14.1. The van der Waals surface area contributed by atoms with Gasteiger partial charge in [0.1, 0.15) is 22.8 Å². The highest BCUT2D eigenvalue weighted by Gasteiger charge is 2.25. The van der Waals surface area contributed by atoms with Crippen molar-refractivity contribution in [2.45, 2.75) is 6.92 Å². The highest BCUT2D eigenvalue weighted by Crippen LogP contribution is 2.33. The highest BCUT2D eigenvalue weighted by molar-refractivity contribution is 6.33. The van der Waals surface area contributed by atoms with Crippen LogP contribution in [0.15, 0.2) is 47.0 Å². The third kappa shape index (κ3) is 3.97. The van der Waals surface area contributed by atoms with E-state index in [0.29, 0.717) is 18.9 Å². The van der Waals surface area contributed by atoms with Gasteiger partial charge in [0.2, 0.25) is 0 Å². The van der Waals surface area contributed by atoms with Crippen LogP contribution in [0.3, 0.4) is 0 Å². The topological polar surface area (TPSA) is 67.6 Å². The number of nitrogens with one attached hydrogen (secondary N) is 1. The molecule has 4 rings (SSSR count). The summed E-state index contributed by atoms with van der Waals surface area (Å²) in [7, 11) is 0. The molecule has 1 fully saturated rings. The Bertz CT molecular complexity index is 1010. The van der Waals surface area contributed by atoms with Crippen LogP contribution in [0.2, 0.25) is 5.02 Å². The zero-order valence-corrected chi connectivity index (χ0v) is 16.5. The van der Waals surface area contributed by atoms with Gasteiger partial charge in [-0.3, -0.25) is 4.79 Å². The van der Waals surface area contributed by atoms with Crippen LogP contribution in [0, 0.1) is 12.7 Å². The number of ether oxygens (including phenoxy) is 1. The molecule has 0 saturated carbocycles. The Morgan fingerprint density at radius 1 is 1.17 bits per heavy atom. The molecule has 3 aromatic rings. The van der Waals surface area contributed by atoms with E-state index in [2.05, 4.69) is 15.4 Å². The lowest BCUT2D eigenvalue weighted by Crippen LogP contribution is -2.36. The van der Waals surface area contributed by atoms with Crippen molar-refractivity contribution in [1.82, 2.24) is 5.16 Å². The summed E-state index contributed by atoms with van der Waals surface area (Å²) in [5, 5.41) is 6.84. The molecule has 1 saturated heterocycles. The van der Waals surface area contributed by atoms with Crippen LogP contribution in [0.25, 0.3) is 11.3 Å². The maximum atomic E-state index is 14.3. The van der Waals surface area contributed by atoms with E-state index >= 15 is 0 Å². The van der Waals surface area contributed by atoms with Gasteiger partial charge in [-0.2, -0.15) is 0 Å². The minimum absolute atomic E-state index is 0.0406. The van der Waals surface area contributed by atoms with Gasteiger partial charge in [0, 0.05) is 24.5 Å². The fraction of sp³-hybridized carbons (Fsp3) is 0.238. The second-order valence-corrected chi connectivity index (χ2v) is 7.07. The van der Waals surface area contributed by atoms with Crippen molar-refractivity contribution in [1.29, 1.82) is 0 Å². The van der Waals surface area contributed by atoms with Crippen molar-refractivity contribution in [3.63, 3.8) is 0 Å². The first-order valence-corrected chi connectivity index (χ1v) is 9.57. The number of benzene rings is 2. The predicted molar refractivity (Wildman–Crippen MR) is 109 cm³/mol. The average Bonchev–Trinajstić information content (AvgIpc) is 3.10. The van der Waals surface area contributed by atoms with Crippen LogP contribution < -0.4 is 10.2 Å². The first-order valence-electron chi connectivity index (χ1n) is 9.19. The Morgan fingerprint density at radius 3 is 2.59 bits per heavy atom. The van der Waals surface area contributed by atoms with Gasteiger partial charge >= 0.3 is 0 Å². The Hall–Kier alpha value is -2.90. The lowest BCUT2D eigenvalue weighted by Gasteiger charge is -2.28. The number of anilines is 2. The molecule has 2 heterocycles. The first kappa shape index (κ1) is 19.4. The average molecular weight is 416 g/mol. The lowest BCUT2D eigenvalue weighted by molar-refractivity contribution is 0.102. The smallest absolute Gasteiger partial charge is 0.261 e. The number of carbonyl (C=O) groups excluding carboxylic acids is 1. The van der Waals surface area contributed by atoms with E-state index in [-0.39, 0.29) is 27.6 Å². The standard InChI is InChI=1S/C21H19ClFN3O3/c1-13-18(20(25-29-13)19-16(22)3-2-4-17(19)23)21(27)24-14-5-7-15(8-6-14)26-9-11-28-12-10-26/h2-8H,9-12H2,1H3,(H,24,27). The predicted octanol–water partition coefficient (Wildman–Crippen LogP) is 4.53. The first-order chi connectivity index (χ1) is 14.0. The summed E-state index contributed by atoms with van der Waals surface area (Å²) in [5.74, 6) is -0.742. The van der Waals surface area contributed by atoms with E-state index in [0.717, 1.165) is 18.8 Å². The summed E-state index contributed by atoms with van der Waals surface area (Å²) in [5.41, 5.74) is 1.94. The molecule has 0 atom stereocenters. The number of halogens is 2. The van der Waals surface area contributed by atoms with Crippen molar-refractivity contribution in [2.24, 2.45) is 0 Å². The molecule has 29 heavy (non-hydrogen) atoms. The van der Waals surface area contributed by atoms with E-state index in [1.54, 1.807) is 6.92 Å². The molecule has 1 aliphatic heterocycles. The molecule has 0 unspecified atom stereocenters. The summed E-state index contributed by atoms with van der Waals surface area (Å²) >= 11 is 6.13. The Labute approximate surface area is 172 Å². The Kier molecular flexibility index (Phi) is 5.51.